The van der Waals surface area contributed by atoms with Crippen molar-refractivity contribution in [1.82, 2.24) is 0 Å². The van der Waals surface area contributed by atoms with Gasteiger partial charge in [0.15, 0.2) is 0 Å². The molecule has 0 aliphatic rings. The Kier molecular flexibility index (Phi) is 17.5. The van der Waals surface area contributed by atoms with Crippen molar-refractivity contribution in [3.63, 3.8) is 0 Å². The van der Waals surface area contributed by atoms with Gasteiger partial charge in [0.2, 0.25) is 16.6 Å². The molecule has 0 radical (unpaired) electrons. The van der Waals surface area contributed by atoms with Gasteiger partial charge in [0.25, 0.3) is 0 Å². The average Bonchev–Trinajstić information content (AvgIpc) is 2.71. The summed E-state index contributed by atoms with van der Waals surface area (Å²) >= 11 is 0. The summed E-state index contributed by atoms with van der Waals surface area (Å²) in [5.41, 5.74) is 0. The van der Waals surface area contributed by atoms with Gasteiger partial charge in [-0.2, -0.15) is 0 Å². The predicted molar refractivity (Wildman–Crippen MR) is 213 cm³/mol. The Labute approximate surface area is 309 Å². The van der Waals surface area contributed by atoms with E-state index < -0.39 is 31.4 Å². The van der Waals surface area contributed by atoms with Crippen LogP contribution in [0.25, 0.3) is 5.40 Å². The van der Waals surface area contributed by atoms with Crippen molar-refractivity contribution < 1.29 is 35.4 Å². The zero-order valence-electron chi connectivity index (χ0n) is 38.9. The maximum absolute atomic E-state index is 11.2. The summed E-state index contributed by atoms with van der Waals surface area (Å²) in [6.07, 6.45) is 0. The Hall–Kier alpha value is 0.985. The summed E-state index contributed by atoms with van der Waals surface area (Å²) in [7, 11) is -6.81. The molecule has 0 aromatic carbocycles. The quantitative estimate of drug-likeness (QED) is 0.193. The monoisotopic (exact) mass is 725 g/mol. The third-order valence-corrected chi connectivity index (χ3v) is 29.7. The first kappa shape index (κ1) is 48.1. The Morgan fingerprint density at radius 2 is 0.533 bits per heavy atom. The topological polar surface area (TPSA) is 64.3 Å². The van der Waals surface area contributed by atoms with E-state index in [1.54, 1.807) is 0 Å². The minimum Gasteiger partial charge on any atom is -0.678 e. The minimum atomic E-state index is -2.35. The van der Waals surface area contributed by atoms with Gasteiger partial charge in [-0.25, -0.2) is 1.37 Å². The van der Waals surface area contributed by atoms with Crippen LogP contribution in [0.15, 0.2) is 6.53 Å². The van der Waals surface area contributed by atoms with Crippen LogP contribution in [-0.4, -0.2) is 34.5 Å². The van der Waals surface area contributed by atoms with Crippen LogP contribution < -0.4 is 0 Å². The standard InChI is InChI=1S/C12H28NSi.2C12H28OSi.C2H3.Ti/c3*1-10(2,3)14(13,11(4,5)6)12(7,8)9;1-2;/h3*13H,1-9H3;1H,2H2;/q-1;;;-1;+2/i;;;1D,2D2;. The van der Waals surface area contributed by atoms with Crippen LogP contribution in [0.4, 0.5) is 0 Å². The van der Waals surface area contributed by atoms with Gasteiger partial charge in [-0.05, 0) is 38.5 Å². The molecule has 3 N–H and O–H groups in total. The van der Waals surface area contributed by atoms with Crippen LogP contribution in [0.3, 0.4) is 0 Å². The number of rotatable bonds is 0. The van der Waals surface area contributed by atoms with Crippen molar-refractivity contribution in [2.75, 3.05) is 0 Å². The molecule has 0 saturated heterocycles. The summed E-state index contributed by atoms with van der Waals surface area (Å²) in [6, 6.07) is 0. The van der Waals surface area contributed by atoms with E-state index in [-0.39, 0.29) is 67.1 Å². The molecule has 0 unspecified atom stereocenters. The number of hydrogen-bond donors (Lipinski definition) is 2. The molecule has 7 heteroatoms. The van der Waals surface area contributed by atoms with E-state index in [0.717, 1.165) is 0 Å². The van der Waals surface area contributed by atoms with Gasteiger partial charge in [-0.1, -0.05) is 202 Å². The van der Waals surface area contributed by atoms with Gasteiger partial charge in [-0.3, -0.25) is 6.53 Å². The smallest absolute Gasteiger partial charge is 0.678 e. The fourth-order valence-electron chi connectivity index (χ4n) is 10.1. The Morgan fingerprint density at radius 3 is 0.533 bits per heavy atom. The Morgan fingerprint density at radius 1 is 0.422 bits per heavy atom. The van der Waals surface area contributed by atoms with Crippen molar-refractivity contribution in [3.8, 4) is 0 Å². The second-order valence-electron chi connectivity index (χ2n) is 22.4. The van der Waals surface area contributed by atoms with Gasteiger partial charge in [-0.15, -0.1) is 0 Å². The van der Waals surface area contributed by atoms with E-state index in [4.69, 9.17) is 9.51 Å². The van der Waals surface area contributed by atoms with Crippen molar-refractivity contribution >= 4 is 24.9 Å². The third-order valence-electron chi connectivity index (χ3n) is 9.89. The van der Waals surface area contributed by atoms with Gasteiger partial charge in [0.1, 0.15) is 0 Å². The van der Waals surface area contributed by atoms with Crippen LogP contribution in [0, 0.1) is 6.55 Å². The summed E-state index contributed by atoms with van der Waals surface area (Å²) in [5, 5.41) is 9.50. The second-order valence-corrected chi connectivity index (χ2v) is 40.3. The normalized spacial score (nSPS) is 15.6. The summed E-state index contributed by atoms with van der Waals surface area (Å²) < 4.78 is 18.2. The number of hydrogen-bond acceptors (Lipinski definition) is 2. The van der Waals surface area contributed by atoms with Crippen LogP contribution >= 0.6 is 0 Å². The Balaban J connectivity index is -0.000000178. The van der Waals surface area contributed by atoms with E-state index in [2.05, 4.69) is 187 Å². The van der Waals surface area contributed by atoms with Gasteiger partial charge >= 0.3 is 21.7 Å². The number of nitrogens with one attached hydrogen (secondary N) is 1. The fraction of sp³-hybridized carbons (Fsp3) is 0.947. The van der Waals surface area contributed by atoms with Crippen molar-refractivity contribution in [1.29, 1.82) is 0 Å². The van der Waals surface area contributed by atoms with E-state index in [1.165, 1.54) is 6.55 Å². The molecule has 0 atom stereocenters. The molecule has 0 fully saturated rings. The molecular formula is C38H87NO2Si3Ti. The zero-order chi connectivity index (χ0) is 40.3. The maximum atomic E-state index is 11.2. The van der Waals surface area contributed by atoms with Crippen molar-refractivity contribution in [3.05, 3.63) is 18.5 Å². The summed E-state index contributed by atoms with van der Waals surface area (Å²) in [5.74, 6) is 0. The maximum Gasteiger partial charge on any atom is 2.00 e. The molecule has 0 aliphatic carbocycles. The van der Waals surface area contributed by atoms with Crippen LogP contribution in [0.2, 0.25) is 45.3 Å². The van der Waals surface area contributed by atoms with Crippen LogP contribution in [0.1, 0.15) is 191 Å². The largest absolute Gasteiger partial charge is 2.00 e. The summed E-state index contributed by atoms with van der Waals surface area (Å²) in [6.45, 7) is 60.3. The van der Waals surface area contributed by atoms with E-state index in [0.29, 0.717) is 0 Å². The molecule has 0 saturated carbocycles. The molecule has 0 amide bonds. The molecule has 45 heavy (non-hydrogen) atoms. The van der Waals surface area contributed by atoms with Gasteiger partial charge in [0, 0.05) is 2.74 Å². The van der Waals surface area contributed by atoms with Crippen LogP contribution in [0.5, 0.6) is 0 Å². The fourth-order valence-corrected chi connectivity index (χ4v) is 30.4. The molecule has 0 rings (SSSR count). The Bertz CT molecular complexity index is 745. The average molecular weight is 725 g/mol. The zero-order valence-corrected chi connectivity index (χ0v) is 40.5. The van der Waals surface area contributed by atoms with Gasteiger partial charge in [0.05, 0.1) is 0 Å². The SMILES string of the molecule is CC(C)(C)[Si](O)(C(C)(C)C)C(C)(C)C.CC(C)(C)[Si](O)(C(C)(C)C)C(C)(C)C.CC(C)(C)[Si]([NH-])(C(C)(C)C)C(C)(C)C.[2H][C-]=C([2H])[2H].[Ti+2]. The van der Waals surface area contributed by atoms with E-state index >= 15 is 0 Å². The predicted octanol–water partition coefficient (Wildman–Crippen LogP) is 14.6. The first-order valence-corrected chi connectivity index (χ1v) is 22.6. The molecule has 0 aromatic rings. The molecular weight excluding hydrogens is 635 g/mol. The molecule has 0 bridgehead atoms. The van der Waals surface area contributed by atoms with Gasteiger partial charge < -0.3 is 21.5 Å². The molecule has 0 heterocycles. The first-order chi connectivity index (χ1) is 19.5. The molecule has 0 aliphatic heterocycles. The minimum absolute atomic E-state index is 0. The summed E-state index contributed by atoms with van der Waals surface area (Å²) in [4.78, 5) is 22.3. The van der Waals surface area contributed by atoms with Crippen molar-refractivity contribution in [2.45, 2.75) is 232 Å². The van der Waals surface area contributed by atoms with E-state index in [9.17, 15) is 9.59 Å². The van der Waals surface area contributed by atoms with E-state index in [1.807, 2.05) is 0 Å². The molecule has 0 spiro atoms. The van der Waals surface area contributed by atoms with Crippen LogP contribution in [-0.2, 0) is 21.7 Å². The third kappa shape index (κ3) is 12.4. The molecule has 0 aromatic heterocycles. The van der Waals surface area contributed by atoms with Crippen molar-refractivity contribution in [2.24, 2.45) is 0 Å². The first-order valence-electron chi connectivity index (χ1n) is 18.2. The molecule has 3 nitrogen and oxygen atoms in total. The second kappa shape index (κ2) is 16.3. The molecule has 272 valence electrons.